The van der Waals surface area contributed by atoms with Crippen molar-refractivity contribution in [3.8, 4) is 17.1 Å². The Balaban J connectivity index is 2.00. The van der Waals surface area contributed by atoms with E-state index < -0.39 is 0 Å². The Morgan fingerprint density at radius 2 is 1.16 bits per heavy atom. The van der Waals surface area contributed by atoms with Crippen molar-refractivity contribution < 1.29 is 9.22 Å². The average molecular weight is 527 g/mol. The number of para-hydroxylation sites is 2. The van der Waals surface area contributed by atoms with Crippen molar-refractivity contribution in [3.05, 3.63) is 100 Å². The lowest BCUT2D eigenvalue weighted by Crippen LogP contribution is -2.53. The van der Waals surface area contributed by atoms with E-state index in [1.54, 1.807) is 0 Å². The highest BCUT2D eigenvalue weighted by atomic mass is 35.5. The monoisotopic (exact) mass is 526 g/mol. The molecule has 0 aliphatic rings. The van der Waals surface area contributed by atoms with Gasteiger partial charge in [0.05, 0.1) is 19.0 Å². The van der Waals surface area contributed by atoms with Crippen molar-refractivity contribution in [1.82, 2.24) is 4.57 Å². The van der Waals surface area contributed by atoms with Crippen LogP contribution in [0.2, 0.25) is 5.02 Å². The van der Waals surface area contributed by atoms with E-state index in [-0.39, 0.29) is 0 Å². The molecule has 5 heteroatoms. The van der Waals surface area contributed by atoms with Gasteiger partial charge in [0, 0.05) is 27.3 Å². The Hall–Kier alpha value is -2.98. The Kier molecular flexibility index (Phi) is 8.73. The summed E-state index contributed by atoms with van der Waals surface area (Å²) in [5.41, 5.74) is 8.71. The lowest BCUT2D eigenvalue weighted by molar-refractivity contribution is -0.577. The van der Waals surface area contributed by atoms with Crippen LogP contribution in [0.4, 0.5) is 0 Å². The van der Waals surface area contributed by atoms with Crippen LogP contribution in [0.5, 0.6) is 5.75 Å². The van der Waals surface area contributed by atoms with Crippen LogP contribution in [0.1, 0.15) is 101 Å². The van der Waals surface area contributed by atoms with Crippen molar-refractivity contribution >= 4 is 24.8 Å². The standard InChI is InChI=1S/C33H40BClN2O/c1-21(2)27-11-9-12-28(22(3)4)31(27)36-19-20-37(33(36)34-38-26-17-15-25(35)16-18-26)32-29(23(5)6)13-10-14-30(32)24(7)8/h9-24H,1-8H3. The van der Waals surface area contributed by atoms with Gasteiger partial charge in [-0.15, -0.1) is 0 Å². The maximum Gasteiger partial charge on any atom is 0.135 e. The zero-order valence-electron chi connectivity index (χ0n) is 24.0. The summed E-state index contributed by atoms with van der Waals surface area (Å²) < 4.78 is 10.9. The minimum Gasteiger partial charge on any atom is -0.762 e. The van der Waals surface area contributed by atoms with Gasteiger partial charge < -0.3 is 4.65 Å². The summed E-state index contributed by atoms with van der Waals surface area (Å²) in [4.78, 5) is 0. The van der Waals surface area contributed by atoms with Crippen LogP contribution >= 0.6 is 11.6 Å². The molecule has 0 atom stereocenters. The second-order valence-corrected chi connectivity index (χ2v) is 11.7. The molecule has 0 bridgehead atoms. The molecule has 0 saturated heterocycles. The van der Waals surface area contributed by atoms with Crippen molar-refractivity contribution in [1.29, 1.82) is 0 Å². The summed E-state index contributed by atoms with van der Waals surface area (Å²) in [6.45, 7) is 18.1. The van der Waals surface area contributed by atoms with Crippen LogP contribution in [-0.2, 0) is 0 Å². The van der Waals surface area contributed by atoms with Crippen LogP contribution in [0.25, 0.3) is 11.4 Å². The molecular weight excluding hydrogens is 487 g/mol. The smallest absolute Gasteiger partial charge is 0.135 e. The first-order valence-electron chi connectivity index (χ1n) is 13.7. The molecule has 0 aliphatic carbocycles. The van der Waals surface area contributed by atoms with Crippen molar-refractivity contribution in [2.75, 3.05) is 0 Å². The average Bonchev–Trinajstić information content (AvgIpc) is 3.30. The molecule has 0 saturated carbocycles. The number of hydrogen-bond donors (Lipinski definition) is 0. The van der Waals surface area contributed by atoms with E-state index >= 15 is 0 Å². The first-order valence-corrected chi connectivity index (χ1v) is 14.1. The predicted octanol–water partition coefficient (Wildman–Crippen LogP) is 8.22. The van der Waals surface area contributed by atoms with Gasteiger partial charge in [0.15, 0.2) is 0 Å². The minimum atomic E-state index is 0.374. The highest BCUT2D eigenvalue weighted by molar-refractivity contribution is 6.44. The predicted molar refractivity (Wildman–Crippen MR) is 161 cm³/mol. The fourth-order valence-electron chi connectivity index (χ4n) is 5.11. The van der Waals surface area contributed by atoms with E-state index in [4.69, 9.17) is 16.3 Å². The van der Waals surface area contributed by atoms with E-state index in [2.05, 4.69) is 113 Å². The zero-order chi connectivity index (χ0) is 27.6. The largest absolute Gasteiger partial charge is 0.762 e. The molecule has 0 fully saturated rings. The van der Waals surface area contributed by atoms with Crippen LogP contribution in [0.15, 0.2) is 73.1 Å². The summed E-state index contributed by atoms with van der Waals surface area (Å²) in [6, 6.07) is 20.9. The maximum absolute atomic E-state index is 6.31. The molecule has 198 valence electrons. The van der Waals surface area contributed by atoms with Gasteiger partial charge in [0.1, 0.15) is 23.8 Å². The van der Waals surface area contributed by atoms with E-state index in [1.807, 2.05) is 31.7 Å². The minimum absolute atomic E-state index is 0.374. The molecule has 3 aromatic carbocycles. The fourth-order valence-corrected chi connectivity index (χ4v) is 5.23. The fraction of sp³-hybridized carbons (Fsp3) is 0.364. The van der Waals surface area contributed by atoms with Gasteiger partial charge in [-0.1, -0.05) is 103 Å². The molecule has 0 N–H and O–H groups in total. The van der Waals surface area contributed by atoms with E-state index in [1.165, 1.54) is 33.6 Å². The summed E-state index contributed by atoms with van der Waals surface area (Å²) in [7, 11) is 1.88. The van der Waals surface area contributed by atoms with Gasteiger partial charge in [0.25, 0.3) is 0 Å². The highest BCUT2D eigenvalue weighted by Gasteiger charge is 2.25. The molecular formula is C33H40BClN2O. The first-order chi connectivity index (χ1) is 18.1. The molecule has 0 amide bonds. The van der Waals surface area contributed by atoms with Gasteiger partial charge in [-0.2, -0.15) is 0 Å². The van der Waals surface area contributed by atoms with Crippen molar-refractivity contribution in [3.63, 3.8) is 0 Å². The summed E-state index contributed by atoms with van der Waals surface area (Å²) >= 11 is 6.14. The molecule has 0 aliphatic heterocycles. The molecule has 0 unspecified atom stereocenters. The quantitative estimate of drug-likeness (QED) is 0.159. The van der Waals surface area contributed by atoms with Crippen LogP contribution in [0, 0.1) is 0 Å². The van der Waals surface area contributed by atoms with Gasteiger partial charge in [-0.25, -0.2) is 9.13 Å². The molecule has 3 nitrogen and oxygen atoms in total. The van der Waals surface area contributed by atoms with Crippen LogP contribution in [-0.4, -0.2) is 12.0 Å². The lowest BCUT2D eigenvalue weighted by Gasteiger charge is -2.25. The third kappa shape index (κ3) is 5.71. The second kappa shape index (κ2) is 11.8. The highest BCUT2D eigenvalue weighted by Crippen LogP contribution is 2.32. The van der Waals surface area contributed by atoms with E-state index in [9.17, 15) is 0 Å². The number of rotatable bonds is 9. The number of nitrogens with zero attached hydrogens (tertiary/aromatic N) is 2. The third-order valence-corrected chi connectivity index (χ3v) is 7.39. The molecule has 1 heterocycles. The second-order valence-electron chi connectivity index (χ2n) is 11.3. The van der Waals surface area contributed by atoms with E-state index in [0.717, 1.165) is 11.5 Å². The molecule has 38 heavy (non-hydrogen) atoms. The first kappa shape index (κ1) is 28.0. The molecule has 4 rings (SSSR count). The summed E-state index contributed by atoms with van der Waals surface area (Å²) in [5, 5.41) is 0.690. The Bertz CT molecular complexity index is 1250. The van der Waals surface area contributed by atoms with Crippen molar-refractivity contribution in [2.45, 2.75) is 79.1 Å². The summed E-state index contributed by atoms with van der Waals surface area (Å²) in [5.74, 6) is 2.24. The molecule has 1 aromatic heterocycles. The number of aromatic nitrogens is 2. The van der Waals surface area contributed by atoms with Crippen LogP contribution < -0.4 is 14.9 Å². The van der Waals surface area contributed by atoms with Gasteiger partial charge in [-0.3, -0.25) is 0 Å². The third-order valence-electron chi connectivity index (χ3n) is 7.14. The molecule has 2 radical (unpaired) electrons. The van der Waals surface area contributed by atoms with E-state index in [0.29, 0.717) is 28.7 Å². The van der Waals surface area contributed by atoms with Gasteiger partial charge >= 0.3 is 0 Å². The molecule has 4 aromatic rings. The normalized spacial score (nSPS) is 11.8. The zero-order valence-corrected chi connectivity index (χ0v) is 24.8. The Morgan fingerprint density at radius 3 is 1.63 bits per heavy atom. The number of imidazole rings is 1. The number of halogens is 1. The van der Waals surface area contributed by atoms with Gasteiger partial charge in [0.2, 0.25) is 0 Å². The summed E-state index contributed by atoms with van der Waals surface area (Å²) in [6.07, 6.45) is 4.37. The number of hydrogen-bond acceptors (Lipinski definition) is 1. The van der Waals surface area contributed by atoms with Crippen LogP contribution in [0.3, 0.4) is 0 Å². The number of benzene rings is 3. The molecule has 0 spiro atoms. The maximum atomic E-state index is 6.31. The topological polar surface area (TPSA) is 18.0 Å². The van der Waals surface area contributed by atoms with Gasteiger partial charge in [-0.05, 0) is 47.9 Å². The lowest BCUT2D eigenvalue weighted by atomic mass is 9.90. The Labute approximate surface area is 234 Å². The Morgan fingerprint density at radius 1 is 0.684 bits per heavy atom. The SMILES string of the molecule is CC(C)c1cccc(C(C)C)c1-n1cc[n+](-c2c(C(C)C)cccc2C(C)C)c1[B-]Oc1ccc(Cl)cc1. The van der Waals surface area contributed by atoms with Crippen molar-refractivity contribution in [2.24, 2.45) is 0 Å².